The molecule has 0 heterocycles. The van der Waals surface area contributed by atoms with E-state index in [2.05, 4.69) is 44.4 Å². The van der Waals surface area contributed by atoms with Gasteiger partial charge in [0.2, 0.25) is 5.91 Å². The van der Waals surface area contributed by atoms with Crippen LogP contribution in [0.5, 0.6) is 0 Å². The van der Waals surface area contributed by atoms with Crippen molar-refractivity contribution < 1.29 is 4.79 Å². The van der Waals surface area contributed by atoms with Crippen molar-refractivity contribution in [1.29, 1.82) is 0 Å². The first-order valence-corrected chi connectivity index (χ1v) is 7.97. The third-order valence-electron chi connectivity index (χ3n) is 3.52. The number of nitrogens with one attached hydrogen (secondary N) is 2. The second-order valence-corrected chi connectivity index (χ2v) is 6.61. The molecule has 0 spiro atoms. The predicted octanol–water partition coefficient (Wildman–Crippen LogP) is 3.85. The van der Waals surface area contributed by atoms with Gasteiger partial charge in [-0.15, -0.1) is 0 Å². The van der Waals surface area contributed by atoms with Gasteiger partial charge in [-0.25, -0.2) is 0 Å². The van der Waals surface area contributed by atoms with Crippen LogP contribution in [-0.4, -0.2) is 19.0 Å². The summed E-state index contributed by atoms with van der Waals surface area (Å²) >= 11 is 0. The average Bonchev–Trinajstić information content (AvgIpc) is 2.39. The van der Waals surface area contributed by atoms with Crippen molar-refractivity contribution >= 4 is 11.6 Å². The smallest absolute Gasteiger partial charge is 0.224 e. The molecule has 0 aliphatic heterocycles. The molecule has 2 N–H and O–H groups in total. The van der Waals surface area contributed by atoms with Gasteiger partial charge in [0.15, 0.2) is 0 Å². The Hall–Kier alpha value is -1.51. The number of para-hydroxylation sites is 1. The van der Waals surface area contributed by atoms with E-state index in [0.717, 1.165) is 24.1 Å². The maximum atomic E-state index is 11.6. The zero-order chi connectivity index (χ0) is 15.8. The van der Waals surface area contributed by atoms with Crippen LogP contribution in [0, 0.1) is 11.8 Å². The van der Waals surface area contributed by atoms with Gasteiger partial charge in [0.05, 0.1) is 6.42 Å². The van der Waals surface area contributed by atoms with Gasteiger partial charge in [0.25, 0.3) is 0 Å². The molecule has 3 heteroatoms. The summed E-state index contributed by atoms with van der Waals surface area (Å²) in [6, 6.07) is 8.57. The third kappa shape index (κ3) is 6.65. The van der Waals surface area contributed by atoms with Crippen molar-refractivity contribution in [2.24, 2.45) is 11.8 Å². The number of rotatable bonds is 8. The zero-order valence-corrected chi connectivity index (χ0v) is 14.1. The van der Waals surface area contributed by atoms with Crippen molar-refractivity contribution in [1.82, 2.24) is 5.32 Å². The van der Waals surface area contributed by atoms with E-state index in [1.54, 1.807) is 7.05 Å². The average molecular weight is 290 g/mol. The molecular formula is C18H30N2O. The number of carbonyl (C=O) groups excluding carboxylic acids is 1. The molecule has 0 atom stereocenters. The van der Waals surface area contributed by atoms with E-state index in [0.29, 0.717) is 24.3 Å². The van der Waals surface area contributed by atoms with Crippen LogP contribution in [0.4, 0.5) is 5.69 Å². The first-order valence-electron chi connectivity index (χ1n) is 7.97. The summed E-state index contributed by atoms with van der Waals surface area (Å²) in [7, 11) is 1.68. The second-order valence-electron chi connectivity index (χ2n) is 6.61. The van der Waals surface area contributed by atoms with Crippen LogP contribution < -0.4 is 10.6 Å². The minimum Gasteiger partial charge on any atom is -0.382 e. The lowest BCUT2D eigenvalue weighted by Gasteiger charge is -2.25. The molecule has 0 aliphatic carbocycles. The molecule has 0 bridgehead atoms. The summed E-state index contributed by atoms with van der Waals surface area (Å²) in [4.78, 5) is 11.6. The summed E-state index contributed by atoms with van der Waals surface area (Å²) < 4.78 is 0. The van der Waals surface area contributed by atoms with Gasteiger partial charge in [-0.1, -0.05) is 45.9 Å². The van der Waals surface area contributed by atoms with E-state index < -0.39 is 0 Å². The van der Waals surface area contributed by atoms with Crippen molar-refractivity contribution in [3.63, 3.8) is 0 Å². The quantitative estimate of drug-likeness (QED) is 0.763. The molecule has 0 unspecified atom stereocenters. The largest absolute Gasteiger partial charge is 0.382 e. The summed E-state index contributed by atoms with van der Waals surface area (Å²) in [5.41, 5.74) is 2.15. The maximum Gasteiger partial charge on any atom is 0.224 e. The highest BCUT2D eigenvalue weighted by atomic mass is 16.1. The van der Waals surface area contributed by atoms with Crippen molar-refractivity contribution in [3.05, 3.63) is 29.8 Å². The molecule has 0 saturated carbocycles. The highest BCUT2D eigenvalue weighted by Gasteiger charge is 2.15. The van der Waals surface area contributed by atoms with Crippen LogP contribution in [-0.2, 0) is 11.2 Å². The van der Waals surface area contributed by atoms with E-state index in [1.165, 1.54) is 0 Å². The predicted molar refractivity (Wildman–Crippen MR) is 90.5 cm³/mol. The molecule has 0 fully saturated rings. The minimum absolute atomic E-state index is 0.0496. The summed E-state index contributed by atoms with van der Waals surface area (Å²) in [6.45, 7) is 9.02. The van der Waals surface area contributed by atoms with Gasteiger partial charge in [-0.2, -0.15) is 0 Å². The monoisotopic (exact) mass is 290 g/mol. The normalized spacial score (nSPS) is 11.2. The molecule has 0 saturated heterocycles. The lowest BCUT2D eigenvalue weighted by Crippen LogP contribution is -2.25. The fourth-order valence-electron chi connectivity index (χ4n) is 2.65. The molecule has 118 valence electrons. The summed E-state index contributed by atoms with van der Waals surface area (Å²) in [5, 5.41) is 6.35. The number of likely N-dealkylation sites (N-methyl/N-ethyl adjacent to an activating group) is 1. The molecule has 1 amide bonds. The lowest BCUT2D eigenvalue weighted by molar-refractivity contribution is -0.119. The van der Waals surface area contributed by atoms with Crippen LogP contribution >= 0.6 is 0 Å². The Labute approximate surface area is 129 Å². The topological polar surface area (TPSA) is 41.1 Å². The maximum absolute atomic E-state index is 11.6. The van der Waals surface area contributed by atoms with Crippen molar-refractivity contribution in [2.75, 3.05) is 12.4 Å². The van der Waals surface area contributed by atoms with Crippen LogP contribution in [0.1, 0.15) is 46.1 Å². The standard InChI is InChI=1S/C18H30N2O/c1-13(2)10-16(11-14(3)4)20-17-9-7-6-8-15(17)12-18(21)19-5/h6-9,13-14,16,20H,10-12H2,1-5H3,(H,19,21). The Morgan fingerprint density at radius 2 is 1.62 bits per heavy atom. The van der Waals surface area contributed by atoms with Crippen LogP contribution in [0.25, 0.3) is 0 Å². The van der Waals surface area contributed by atoms with Crippen molar-refractivity contribution in [3.8, 4) is 0 Å². The number of amides is 1. The van der Waals surface area contributed by atoms with Gasteiger partial charge in [-0.05, 0) is 36.3 Å². The van der Waals surface area contributed by atoms with E-state index in [1.807, 2.05) is 18.2 Å². The molecule has 1 rings (SSSR count). The van der Waals surface area contributed by atoms with Gasteiger partial charge in [0.1, 0.15) is 0 Å². The number of benzene rings is 1. The van der Waals surface area contributed by atoms with Gasteiger partial charge in [0, 0.05) is 18.8 Å². The Morgan fingerprint density at radius 1 is 1.05 bits per heavy atom. The van der Waals surface area contributed by atoms with Gasteiger partial charge < -0.3 is 10.6 Å². The Morgan fingerprint density at radius 3 is 2.14 bits per heavy atom. The molecular weight excluding hydrogens is 260 g/mol. The number of hydrogen-bond donors (Lipinski definition) is 2. The fourth-order valence-corrected chi connectivity index (χ4v) is 2.65. The minimum atomic E-state index is 0.0496. The Balaban J connectivity index is 2.84. The first kappa shape index (κ1) is 17.5. The second kappa shape index (κ2) is 8.71. The molecule has 0 aromatic heterocycles. The van der Waals surface area contributed by atoms with Gasteiger partial charge >= 0.3 is 0 Å². The van der Waals surface area contributed by atoms with E-state index >= 15 is 0 Å². The number of anilines is 1. The number of carbonyl (C=O) groups is 1. The van der Waals surface area contributed by atoms with E-state index in [-0.39, 0.29) is 5.91 Å². The van der Waals surface area contributed by atoms with Crippen molar-refractivity contribution in [2.45, 2.75) is 53.0 Å². The number of hydrogen-bond acceptors (Lipinski definition) is 2. The highest BCUT2D eigenvalue weighted by Crippen LogP contribution is 2.22. The van der Waals surface area contributed by atoms with Crippen LogP contribution in [0.2, 0.25) is 0 Å². The van der Waals surface area contributed by atoms with E-state index in [4.69, 9.17) is 0 Å². The fraction of sp³-hybridized carbons (Fsp3) is 0.611. The molecule has 0 radical (unpaired) electrons. The highest BCUT2D eigenvalue weighted by molar-refractivity contribution is 5.80. The van der Waals surface area contributed by atoms with Gasteiger partial charge in [-0.3, -0.25) is 4.79 Å². The third-order valence-corrected chi connectivity index (χ3v) is 3.52. The molecule has 1 aromatic rings. The SMILES string of the molecule is CNC(=O)Cc1ccccc1NC(CC(C)C)CC(C)C. The molecule has 1 aromatic carbocycles. The van der Waals surface area contributed by atoms with E-state index in [9.17, 15) is 4.79 Å². The molecule has 3 nitrogen and oxygen atoms in total. The van der Waals surface area contributed by atoms with Crippen LogP contribution in [0.15, 0.2) is 24.3 Å². The molecule has 21 heavy (non-hydrogen) atoms. The lowest BCUT2D eigenvalue weighted by atomic mass is 9.95. The zero-order valence-electron chi connectivity index (χ0n) is 14.1. The molecule has 0 aliphatic rings. The Bertz CT molecular complexity index is 431. The van der Waals surface area contributed by atoms with Crippen LogP contribution in [0.3, 0.4) is 0 Å². The Kier molecular flexibility index (Phi) is 7.27. The summed E-state index contributed by atoms with van der Waals surface area (Å²) in [6.07, 6.45) is 2.72. The first-order chi connectivity index (χ1) is 9.92. The summed E-state index contributed by atoms with van der Waals surface area (Å²) in [5.74, 6) is 1.37.